The molecular weight excluding hydrogens is 482 g/mol. The second-order valence-electron chi connectivity index (χ2n) is 7.32. The first-order chi connectivity index (χ1) is 16.4. The predicted molar refractivity (Wildman–Crippen MR) is 111 cm³/mol. The number of aliphatic hydroxyl groups is 1. The number of imidazole rings is 1. The van der Waals surface area contributed by atoms with Crippen LogP contribution in [0.25, 0.3) is 16.7 Å². The Kier molecular flexibility index (Phi) is 5.88. The van der Waals surface area contributed by atoms with Gasteiger partial charge < -0.3 is 10.4 Å². The lowest BCUT2D eigenvalue weighted by molar-refractivity contribution is -0.145. The Hall–Kier alpha value is -4.13. The quantitative estimate of drug-likeness (QED) is 0.398. The van der Waals surface area contributed by atoms with E-state index in [1.165, 1.54) is 42.5 Å². The van der Waals surface area contributed by atoms with Gasteiger partial charge in [0.05, 0.1) is 17.6 Å². The van der Waals surface area contributed by atoms with Gasteiger partial charge in [0.2, 0.25) is 5.82 Å². The molecule has 0 spiro atoms. The van der Waals surface area contributed by atoms with E-state index in [2.05, 4.69) is 10.3 Å². The van der Waals surface area contributed by atoms with Crippen LogP contribution in [-0.4, -0.2) is 37.2 Å². The van der Waals surface area contributed by atoms with Crippen molar-refractivity contribution in [1.82, 2.24) is 14.1 Å². The maximum Gasteiger partial charge on any atom is 0.472 e. The highest BCUT2D eigenvalue weighted by atomic mass is 19.4. The first kappa shape index (κ1) is 24.0. The molecule has 0 bridgehead atoms. The number of hydrogen-bond donors (Lipinski definition) is 2. The fourth-order valence-electron chi connectivity index (χ4n) is 3.44. The SMILES string of the molecule is O=C(Nc1ccc(-n2c(C(F)(F)F)nc3cc(CO)ccc32)cc1)c1cccn1C(=O)C(F)(F)F. The Bertz CT molecular complexity index is 1420. The van der Waals surface area contributed by atoms with Crippen LogP contribution in [0.3, 0.4) is 0 Å². The topological polar surface area (TPSA) is 89.2 Å². The number of anilines is 1. The maximum atomic E-state index is 13.7. The molecule has 2 aromatic heterocycles. The van der Waals surface area contributed by atoms with Crippen LogP contribution < -0.4 is 5.32 Å². The van der Waals surface area contributed by atoms with Crippen LogP contribution in [0.15, 0.2) is 60.8 Å². The Balaban J connectivity index is 1.65. The molecule has 0 aliphatic rings. The van der Waals surface area contributed by atoms with Crippen molar-refractivity contribution in [2.24, 2.45) is 0 Å². The number of aromatic nitrogens is 3. The first-order valence-corrected chi connectivity index (χ1v) is 9.80. The van der Waals surface area contributed by atoms with Crippen LogP contribution >= 0.6 is 0 Å². The molecule has 2 N–H and O–H groups in total. The Labute approximate surface area is 192 Å². The lowest BCUT2D eigenvalue weighted by Gasteiger charge is -2.13. The van der Waals surface area contributed by atoms with Crippen LogP contribution in [-0.2, 0) is 12.8 Å². The number of rotatable bonds is 4. The van der Waals surface area contributed by atoms with E-state index in [0.29, 0.717) is 5.56 Å². The summed E-state index contributed by atoms with van der Waals surface area (Å²) >= 11 is 0. The van der Waals surface area contributed by atoms with Gasteiger partial charge in [-0.05, 0) is 54.1 Å². The van der Waals surface area contributed by atoms with Gasteiger partial charge in [-0.25, -0.2) is 4.98 Å². The van der Waals surface area contributed by atoms with Gasteiger partial charge in [0.1, 0.15) is 5.69 Å². The van der Waals surface area contributed by atoms with Gasteiger partial charge in [-0.15, -0.1) is 0 Å². The summed E-state index contributed by atoms with van der Waals surface area (Å²) in [6, 6.07) is 11.3. The second-order valence-corrected chi connectivity index (χ2v) is 7.32. The summed E-state index contributed by atoms with van der Waals surface area (Å²) in [4.78, 5) is 27.6. The number of fused-ring (bicyclic) bond motifs is 1. The van der Waals surface area contributed by atoms with E-state index in [-0.39, 0.29) is 33.6 Å². The zero-order valence-corrected chi connectivity index (χ0v) is 17.4. The number of carbonyl (C=O) groups is 2. The monoisotopic (exact) mass is 496 g/mol. The third-order valence-electron chi connectivity index (χ3n) is 4.98. The number of amides is 1. The number of carbonyl (C=O) groups excluding carboxylic acids is 2. The summed E-state index contributed by atoms with van der Waals surface area (Å²) in [5.41, 5.74) is 0.0431. The lowest BCUT2D eigenvalue weighted by atomic mass is 10.2. The van der Waals surface area contributed by atoms with Gasteiger partial charge in [-0.2, -0.15) is 26.3 Å². The fraction of sp³-hybridized carbons (Fsp3) is 0.136. The number of hydrogen-bond acceptors (Lipinski definition) is 4. The smallest absolute Gasteiger partial charge is 0.392 e. The predicted octanol–water partition coefficient (Wildman–Crippen LogP) is 4.79. The van der Waals surface area contributed by atoms with Gasteiger partial charge in [0.25, 0.3) is 5.91 Å². The van der Waals surface area contributed by atoms with Crippen LogP contribution in [0.5, 0.6) is 0 Å². The molecule has 0 saturated carbocycles. The summed E-state index contributed by atoms with van der Waals surface area (Å²) in [6.45, 7) is -0.378. The van der Waals surface area contributed by atoms with Gasteiger partial charge in [-0.1, -0.05) is 6.07 Å². The van der Waals surface area contributed by atoms with Gasteiger partial charge in [0, 0.05) is 17.6 Å². The number of benzene rings is 2. The van der Waals surface area contributed by atoms with E-state index in [9.17, 15) is 41.0 Å². The molecule has 0 aliphatic heterocycles. The molecule has 13 heteroatoms. The normalized spacial score (nSPS) is 12.2. The third kappa shape index (κ3) is 4.62. The van der Waals surface area contributed by atoms with E-state index in [1.54, 1.807) is 0 Å². The minimum absolute atomic E-state index is 0.0105. The van der Waals surface area contributed by atoms with Crippen molar-refractivity contribution in [2.45, 2.75) is 19.0 Å². The molecule has 0 atom stereocenters. The molecule has 35 heavy (non-hydrogen) atoms. The summed E-state index contributed by atoms with van der Waals surface area (Å²) in [5.74, 6) is -4.48. The number of halogens is 6. The molecule has 1 amide bonds. The van der Waals surface area contributed by atoms with Crippen molar-refractivity contribution >= 4 is 28.5 Å². The van der Waals surface area contributed by atoms with Crippen LogP contribution in [0.4, 0.5) is 32.0 Å². The summed E-state index contributed by atoms with van der Waals surface area (Å²) < 4.78 is 80.1. The summed E-state index contributed by atoms with van der Waals surface area (Å²) in [7, 11) is 0. The molecule has 0 unspecified atom stereocenters. The second kappa shape index (κ2) is 8.58. The zero-order chi connectivity index (χ0) is 25.5. The molecule has 0 radical (unpaired) electrons. The minimum atomic E-state index is -5.20. The first-order valence-electron chi connectivity index (χ1n) is 9.80. The number of alkyl halides is 6. The van der Waals surface area contributed by atoms with Crippen molar-refractivity contribution in [3.05, 3.63) is 77.9 Å². The average molecular weight is 496 g/mol. The van der Waals surface area contributed by atoms with Crippen molar-refractivity contribution in [2.75, 3.05) is 5.32 Å². The summed E-state index contributed by atoms with van der Waals surface area (Å²) in [6.07, 6.45) is -9.21. The highest BCUT2D eigenvalue weighted by molar-refractivity contribution is 6.06. The molecule has 2 aromatic carbocycles. The average Bonchev–Trinajstić information content (AvgIpc) is 3.43. The molecule has 0 aliphatic carbocycles. The lowest BCUT2D eigenvalue weighted by Crippen LogP contribution is -2.31. The van der Waals surface area contributed by atoms with Crippen molar-refractivity contribution < 1.29 is 41.0 Å². The molecule has 182 valence electrons. The highest BCUT2D eigenvalue weighted by Crippen LogP contribution is 2.34. The number of aliphatic hydroxyl groups excluding tert-OH is 1. The molecule has 0 saturated heterocycles. The Morgan fingerprint density at radius 1 is 0.971 bits per heavy atom. The number of nitrogens with one attached hydrogen (secondary N) is 1. The molecule has 2 heterocycles. The third-order valence-corrected chi connectivity index (χ3v) is 4.98. The van der Waals surface area contributed by atoms with Crippen molar-refractivity contribution in [1.29, 1.82) is 0 Å². The molecule has 0 fully saturated rings. The van der Waals surface area contributed by atoms with Crippen molar-refractivity contribution in [3.8, 4) is 5.69 Å². The zero-order valence-electron chi connectivity index (χ0n) is 17.4. The van der Waals surface area contributed by atoms with E-state index in [4.69, 9.17) is 0 Å². The van der Waals surface area contributed by atoms with Crippen LogP contribution in [0.2, 0.25) is 0 Å². The van der Waals surface area contributed by atoms with Crippen LogP contribution in [0, 0.1) is 0 Å². The van der Waals surface area contributed by atoms with E-state index < -0.39 is 35.7 Å². The van der Waals surface area contributed by atoms with Crippen LogP contribution in [0.1, 0.15) is 26.7 Å². The molecule has 4 rings (SSSR count). The molecule has 4 aromatic rings. The van der Waals surface area contributed by atoms with E-state index in [0.717, 1.165) is 22.9 Å². The highest BCUT2D eigenvalue weighted by Gasteiger charge is 2.41. The number of nitrogens with zero attached hydrogens (tertiary/aromatic N) is 3. The Morgan fingerprint density at radius 3 is 2.26 bits per heavy atom. The van der Waals surface area contributed by atoms with E-state index in [1.807, 2.05) is 0 Å². The van der Waals surface area contributed by atoms with Gasteiger partial charge in [-0.3, -0.25) is 18.7 Å². The summed E-state index contributed by atoms with van der Waals surface area (Å²) in [5, 5.41) is 11.5. The fourth-order valence-corrected chi connectivity index (χ4v) is 3.44. The van der Waals surface area contributed by atoms with E-state index >= 15 is 0 Å². The molecular formula is C22H14F6N4O3. The van der Waals surface area contributed by atoms with Crippen molar-refractivity contribution in [3.63, 3.8) is 0 Å². The van der Waals surface area contributed by atoms with Gasteiger partial charge >= 0.3 is 18.3 Å². The standard InChI is InChI=1S/C22H14F6N4O3/c23-21(24,25)19-30-15-10-12(11-33)3-8-16(15)32(19)14-6-4-13(5-7-14)29-18(34)17-2-1-9-31(17)20(35)22(26,27)28/h1-10,33H,11H2,(H,29,34). The maximum absolute atomic E-state index is 13.7. The largest absolute Gasteiger partial charge is 0.472 e. The Morgan fingerprint density at radius 2 is 1.66 bits per heavy atom. The van der Waals surface area contributed by atoms with Gasteiger partial charge in [0.15, 0.2) is 0 Å². The minimum Gasteiger partial charge on any atom is -0.392 e. The molecule has 7 nitrogen and oxygen atoms in total.